The molecule has 2 nitrogen and oxygen atoms in total. The molecule has 0 aromatic heterocycles. The van der Waals surface area contributed by atoms with Crippen LogP contribution in [0.3, 0.4) is 0 Å². The molecule has 2 aromatic rings. The number of rotatable bonds is 3. The van der Waals surface area contributed by atoms with Gasteiger partial charge in [0.2, 0.25) is 0 Å². The molecule has 0 aliphatic heterocycles. The van der Waals surface area contributed by atoms with E-state index >= 15 is 0 Å². The van der Waals surface area contributed by atoms with Crippen LogP contribution in [0.4, 0.5) is 5.69 Å². The van der Waals surface area contributed by atoms with Crippen LogP contribution in [0.1, 0.15) is 5.56 Å². The van der Waals surface area contributed by atoms with E-state index in [1.807, 2.05) is 24.3 Å². The van der Waals surface area contributed by atoms with E-state index in [1.165, 1.54) is 0 Å². The first-order chi connectivity index (χ1) is 8.16. The largest absolute Gasteiger partial charge is 0.489 e. The van der Waals surface area contributed by atoms with E-state index in [1.54, 1.807) is 18.2 Å². The van der Waals surface area contributed by atoms with Crippen LogP contribution in [-0.4, -0.2) is 0 Å². The molecule has 0 saturated heterocycles. The molecule has 0 saturated carbocycles. The molecule has 2 N–H and O–H groups in total. The quantitative estimate of drug-likeness (QED) is 0.859. The number of nitrogens with two attached hydrogens (primary N) is 1. The van der Waals surface area contributed by atoms with Gasteiger partial charge in [0.1, 0.15) is 12.4 Å². The Balaban J connectivity index is 2.08. The van der Waals surface area contributed by atoms with E-state index in [2.05, 4.69) is 15.9 Å². The molecule has 0 unspecified atom stereocenters. The lowest BCUT2D eigenvalue weighted by Gasteiger charge is -2.08. The highest BCUT2D eigenvalue weighted by molar-refractivity contribution is 9.10. The molecule has 0 radical (unpaired) electrons. The van der Waals surface area contributed by atoms with Gasteiger partial charge in [0.05, 0.1) is 10.7 Å². The van der Waals surface area contributed by atoms with Gasteiger partial charge >= 0.3 is 0 Å². The zero-order chi connectivity index (χ0) is 12.3. The number of halogens is 2. The number of anilines is 1. The molecular formula is C13H11BrClNO. The molecule has 0 aliphatic carbocycles. The fraction of sp³-hybridized carbons (Fsp3) is 0.0769. The molecule has 0 spiro atoms. The van der Waals surface area contributed by atoms with Gasteiger partial charge in [-0.3, -0.25) is 0 Å². The Labute approximate surface area is 113 Å². The van der Waals surface area contributed by atoms with Crippen molar-refractivity contribution < 1.29 is 4.74 Å². The van der Waals surface area contributed by atoms with E-state index in [0.29, 0.717) is 23.1 Å². The molecule has 4 heteroatoms. The molecule has 0 atom stereocenters. The van der Waals surface area contributed by atoms with Crippen molar-refractivity contribution in [3.63, 3.8) is 0 Å². The molecule has 2 aromatic carbocycles. The second-order valence-corrected chi connectivity index (χ2v) is 4.82. The zero-order valence-corrected chi connectivity index (χ0v) is 11.3. The van der Waals surface area contributed by atoms with Crippen LogP contribution in [-0.2, 0) is 6.61 Å². The minimum Gasteiger partial charge on any atom is -0.489 e. The summed E-state index contributed by atoms with van der Waals surface area (Å²) in [4.78, 5) is 0. The molecule has 0 amide bonds. The molecule has 17 heavy (non-hydrogen) atoms. The van der Waals surface area contributed by atoms with Crippen molar-refractivity contribution in [1.29, 1.82) is 0 Å². The topological polar surface area (TPSA) is 35.2 Å². The average molecular weight is 313 g/mol. The Morgan fingerprint density at radius 2 is 1.94 bits per heavy atom. The predicted molar refractivity (Wildman–Crippen MR) is 74.3 cm³/mol. The molecule has 88 valence electrons. The van der Waals surface area contributed by atoms with Crippen LogP contribution in [0.15, 0.2) is 46.9 Å². The zero-order valence-electron chi connectivity index (χ0n) is 8.99. The number of hydrogen-bond acceptors (Lipinski definition) is 2. The van der Waals surface area contributed by atoms with Gasteiger partial charge in [0, 0.05) is 16.1 Å². The van der Waals surface area contributed by atoms with Crippen LogP contribution in [0, 0.1) is 0 Å². The van der Waals surface area contributed by atoms with Crippen molar-refractivity contribution in [3.05, 3.63) is 57.5 Å². The Kier molecular flexibility index (Phi) is 3.92. The van der Waals surface area contributed by atoms with Crippen molar-refractivity contribution in [3.8, 4) is 5.75 Å². The summed E-state index contributed by atoms with van der Waals surface area (Å²) < 4.78 is 6.67. The molecule has 0 aliphatic rings. The Morgan fingerprint density at radius 1 is 1.18 bits per heavy atom. The van der Waals surface area contributed by atoms with Gasteiger partial charge in [-0.25, -0.2) is 0 Å². The molecule has 2 rings (SSSR count). The maximum Gasteiger partial charge on any atom is 0.121 e. The number of ether oxygens (including phenoxy) is 1. The van der Waals surface area contributed by atoms with Gasteiger partial charge < -0.3 is 10.5 Å². The standard InChI is InChI=1S/C13H11BrClNO/c14-11-4-2-1-3-9(11)8-17-10-5-6-13(16)12(15)7-10/h1-7H,8,16H2. The van der Waals surface area contributed by atoms with Gasteiger partial charge in [0.15, 0.2) is 0 Å². The second kappa shape index (κ2) is 5.43. The SMILES string of the molecule is Nc1ccc(OCc2ccccc2Br)cc1Cl. The summed E-state index contributed by atoms with van der Waals surface area (Å²) in [5, 5.41) is 0.509. The Bertz CT molecular complexity index is 531. The maximum absolute atomic E-state index is 5.91. The van der Waals surface area contributed by atoms with E-state index < -0.39 is 0 Å². The van der Waals surface area contributed by atoms with E-state index in [4.69, 9.17) is 22.1 Å². The lowest BCUT2D eigenvalue weighted by atomic mass is 10.2. The van der Waals surface area contributed by atoms with Crippen molar-refractivity contribution in [1.82, 2.24) is 0 Å². The highest BCUT2D eigenvalue weighted by Crippen LogP contribution is 2.25. The Hall–Kier alpha value is -1.19. The van der Waals surface area contributed by atoms with Gasteiger partial charge in [-0.15, -0.1) is 0 Å². The molecule has 0 fully saturated rings. The van der Waals surface area contributed by atoms with E-state index in [-0.39, 0.29) is 0 Å². The minimum absolute atomic E-state index is 0.488. The monoisotopic (exact) mass is 311 g/mol. The maximum atomic E-state index is 5.91. The number of benzene rings is 2. The highest BCUT2D eigenvalue weighted by atomic mass is 79.9. The third kappa shape index (κ3) is 3.14. The third-order valence-electron chi connectivity index (χ3n) is 2.32. The van der Waals surface area contributed by atoms with Crippen molar-refractivity contribution in [2.75, 3.05) is 5.73 Å². The lowest BCUT2D eigenvalue weighted by molar-refractivity contribution is 0.305. The van der Waals surface area contributed by atoms with Gasteiger partial charge in [-0.1, -0.05) is 45.7 Å². The van der Waals surface area contributed by atoms with Crippen molar-refractivity contribution in [2.24, 2.45) is 0 Å². The summed E-state index contributed by atoms with van der Waals surface area (Å²) in [5.41, 5.74) is 7.26. The predicted octanol–water partition coefficient (Wildman–Crippen LogP) is 4.26. The summed E-state index contributed by atoms with van der Waals surface area (Å²) in [5.74, 6) is 0.708. The van der Waals surface area contributed by atoms with Crippen LogP contribution in [0.5, 0.6) is 5.75 Å². The van der Waals surface area contributed by atoms with Crippen LogP contribution in [0.2, 0.25) is 5.02 Å². The Morgan fingerprint density at radius 3 is 2.65 bits per heavy atom. The first-order valence-electron chi connectivity index (χ1n) is 5.08. The van der Waals surface area contributed by atoms with Crippen LogP contribution >= 0.6 is 27.5 Å². The van der Waals surface area contributed by atoms with Crippen molar-refractivity contribution in [2.45, 2.75) is 6.61 Å². The van der Waals surface area contributed by atoms with Gasteiger partial charge in [0.25, 0.3) is 0 Å². The summed E-state index contributed by atoms with van der Waals surface area (Å²) in [6.07, 6.45) is 0. The summed E-state index contributed by atoms with van der Waals surface area (Å²) in [6, 6.07) is 13.2. The average Bonchev–Trinajstić information content (AvgIpc) is 2.32. The minimum atomic E-state index is 0.488. The van der Waals surface area contributed by atoms with Gasteiger partial charge in [-0.05, 0) is 18.2 Å². The second-order valence-electron chi connectivity index (χ2n) is 3.56. The van der Waals surface area contributed by atoms with Crippen molar-refractivity contribution >= 4 is 33.2 Å². The number of hydrogen-bond donors (Lipinski definition) is 1. The summed E-state index contributed by atoms with van der Waals surface area (Å²) in [6.45, 7) is 0.488. The van der Waals surface area contributed by atoms with E-state index in [9.17, 15) is 0 Å². The summed E-state index contributed by atoms with van der Waals surface area (Å²) >= 11 is 9.38. The first-order valence-corrected chi connectivity index (χ1v) is 6.25. The lowest BCUT2D eigenvalue weighted by Crippen LogP contribution is -1.96. The fourth-order valence-corrected chi connectivity index (χ4v) is 1.94. The third-order valence-corrected chi connectivity index (χ3v) is 3.43. The smallest absolute Gasteiger partial charge is 0.121 e. The molecule has 0 bridgehead atoms. The molecular weight excluding hydrogens is 302 g/mol. The number of nitrogen functional groups attached to an aromatic ring is 1. The molecule has 0 heterocycles. The van der Waals surface area contributed by atoms with Crippen LogP contribution in [0.25, 0.3) is 0 Å². The fourth-order valence-electron chi connectivity index (χ4n) is 1.37. The van der Waals surface area contributed by atoms with Gasteiger partial charge in [-0.2, -0.15) is 0 Å². The van der Waals surface area contributed by atoms with Crippen LogP contribution < -0.4 is 10.5 Å². The first kappa shape index (κ1) is 12.3. The normalized spacial score (nSPS) is 10.2. The summed E-state index contributed by atoms with van der Waals surface area (Å²) in [7, 11) is 0. The highest BCUT2D eigenvalue weighted by Gasteiger charge is 2.02. The van der Waals surface area contributed by atoms with E-state index in [0.717, 1.165) is 10.0 Å².